The third kappa shape index (κ3) is 3.88. The Morgan fingerprint density at radius 2 is 1.95 bits per heavy atom. The predicted molar refractivity (Wildman–Crippen MR) is 78.6 cm³/mol. The van der Waals surface area contributed by atoms with E-state index < -0.39 is 10.5 Å². The van der Waals surface area contributed by atoms with Crippen LogP contribution in [0.15, 0.2) is 30.3 Å². The number of nitro benzene ring substituents is 1. The largest absolute Gasteiger partial charge is 0.394 e. The first-order valence-corrected chi connectivity index (χ1v) is 6.90. The molecule has 0 spiro atoms. The first-order valence-electron chi connectivity index (χ1n) is 6.90. The molecule has 0 saturated heterocycles. The number of rotatable bonds is 5. The lowest BCUT2D eigenvalue weighted by atomic mass is 9.99. The van der Waals surface area contributed by atoms with Crippen LogP contribution < -0.4 is 5.32 Å². The molecule has 1 fully saturated rings. The molecule has 1 saturated carbocycles. The maximum Gasteiger partial charge on any atom is 0.269 e. The lowest BCUT2D eigenvalue weighted by Gasteiger charge is -2.27. The molecule has 1 aromatic carbocycles. The molecule has 1 aliphatic rings. The average molecular weight is 290 g/mol. The Morgan fingerprint density at radius 1 is 1.33 bits per heavy atom. The van der Waals surface area contributed by atoms with Crippen LogP contribution in [0.4, 0.5) is 5.69 Å². The fourth-order valence-corrected chi connectivity index (χ4v) is 2.56. The molecule has 0 aliphatic heterocycles. The van der Waals surface area contributed by atoms with E-state index in [4.69, 9.17) is 0 Å². The second-order valence-electron chi connectivity index (χ2n) is 5.32. The van der Waals surface area contributed by atoms with Crippen LogP contribution in [-0.2, 0) is 4.79 Å². The number of carbonyl (C=O) groups excluding carboxylic acids is 1. The Balaban J connectivity index is 1.97. The number of amides is 1. The van der Waals surface area contributed by atoms with Crippen LogP contribution >= 0.6 is 0 Å². The van der Waals surface area contributed by atoms with Crippen molar-refractivity contribution in [2.24, 2.45) is 0 Å². The molecule has 0 aromatic heterocycles. The molecule has 2 rings (SSSR count). The molecule has 0 radical (unpaired) electrons. The van der Waals surface area contributed by atoms with Crippen LogP contribution in [0, 0.1) is 10.1 Å². The Labute approximate surface area is 122 Å². The van der Waals surface area contributed by atoms with Crippen LogP contribution in [0.5, 0.6) is 0 Å². The summed E-state index contributed by atoms with van der Waals surface area (Å²) in [6.45, 7) is -0.0515. The summed E-state index contributed by atoms with van der Waals surface area (Å²) in [5, 5.41) is 22.8. The standard InChI is InChI=1S/C15H18N2O4/c18-11-15(9-1-2-10-15)16-14(19)8-5-12-3-6-13(7-4-12)17(20)21/h3-8,18H,1-2,9-11H2,(H,16,19). The Morgan fingerprint density at radius 3 is 2.48 bits per heavy atom. The van der Waals surface area contributed by atoms with Crippen molar-refractivity contribution < 1.29 is 14.8 Å². The summed E-state index contributed by atoms with van der Waals surface area (Å²) in [4.78, 5) is 22.0. The van der Waals surface area contributed by atoms with Gasteiger partial charge in [-0.1, -0.05) is 12.8 Å². The van der Waals surface area contributed by atoms with E-state index in [1.54, 1.807) is 18.2 Å². The van der Waals surface area contributed by atoms with E-state index in [1.807, 2.05) is 0 Å². The Hall–Kier alpha value is -2.21. The van der Waals surface area contributed by atoms with E-state index in [0.29, 0.717) is 5.56 Å². The molecule has 0 unspecified atom stereocenters. The third-order valence-electron chi connectivity index (χ3n) is 3.78. The van der Waals surface area contributed by atoms with Gasteiger partial charge in [-0.15, -0.1) is 0 Å². The van der Waals surface area contributed by atoms with Gasteiger partial charge >= 0.3 is 0 Å². The van der Waals surface area contributed by atoms with Crippen molar-refractivity contribution in [2.75, 3.05) is 6.61 Å². The highest BCUT2D eigenvalue weighted by molar-refractivity contribution is 5.92. The summed E-state index contributed by atoms with van der Waals surface area (Å²) in [6, 6.07) is 5.95. The first-order chi connectivity index (χ1) is 10.0. The highest BCUT2D eigenvalue weighted by Gasteiger charge is 2.33. The first kappa shape index (κ1) is 15.2. The molecule has 6 heteroatoms. The fraction of sp³-hybridized carbons (Fsp3) is 0.400. The smallest absolute Gasteiger partial charge is 0.269 e. The number of hydrogen-bond donors (Lipinski definition) is 2. The van der Waals surface area contributed by atoms with E-state index in [9.17, 15) is 20.0 Å². The summed E-state index contributed by atoms with van der Waals surface area (Å²) in [6.07, 6.45) is 6.58. The van der Waals surface area contributed by atoms with Crippen LogP contribution in [-0.4, -0.2) is 28.1 Å². The lowest BCUT2D eigenvalue weighted by molar-refractivity contribution is -0.384. The van der Waals surface area contributed by atoms with E-state index >= 15 is 0 Å². The van der Waals surface area contributed by atoms with Gasteiger partial charge in [-0.05, 0) is 36.6 Å². The second-order valence-corrected chi connectivity index (χ2v) is 5.32. The normalized spacial score (nSPS) is 17.0. The van der Waals surface area contributed by atoms with Gasteiger partial charge < -0.3 is 10.4 Å². The zero-order valence-corrected chi connectivity index (χ0v) is 11.6. The number of aliphatic hydroxyl groups is 1. The fourth-order valence-electron chi connectivity index (χ4n) is 2.56. The lowest BCUT2D eigenvalue weighted by Crippen LogP contribution is -2.48. The van der Waals surface area contributed by atoms with Gasteiger partial charge in [0, 0.05) is 18.2 Å². The number of benzene rings is 1. The molecule has 1 aromatic rings. The number of aliphatic hydroxyl groups excluding tert-OH is 1. The number of non-ortho nitro benzene ring substituents is 1. The van der Waals surface area contributed by atoms with Crippen molar-refractivity contribution in [1.82, 2.24) is 5.32 Å². The molecule has 112 valence electrons. The van der Waals surface area contributed by atoms with Gasteiger partial charge in [0.15, 0.2) is 0 Å². The maximum atomic E-state index is 11.9. The Kier molecular flexibility index (Phi) is 4.70. The van der Waals surface area contributed by atoms with Crippen LogP contribution in [0.2, 0.25) is 0 Å². The number of nitrogens with one attached hydrogen (secondary N) is 1. The van der Waals surface area contributed by atoms with Crippen molar-refractivity contribution in [2.45, 2.75) is 31.2 Å². The van der Waals surface area contributed by atoms with E-state index in [-0.39, 0.29) is 18.2 Å². The molecule has 21 heavy (non-hydrogen) atoms. The molecular weight excluding hydrogens is 272 g/mol. The second kappa shape index (κ2) is 6.49. The zero-order valence-electron chi connectivity index (χ0n) is 11.6. The summed E-state index contributed by atoms with van der Waals surface area (Å²) < 4.78 is 0. The van der Waals surface area contributed by atoms with Gasteiger partial charge in [-0.25, -0.2) is 0 Å². The predicted octanol–water partition coefficient (Wildman–Crippen LogP) is 2.03. The minimum Gasteiger partial charge on any atom is -0.394 e. The number of nitrogens with zero attached hydrogens (tertiary/aromatic N) is 1. The number of carbonyl (C=O) groups is 1. The van der Waals surface area contributed by atoms with Gasteiger partial charge in [0.1, 0.15) is 0 Å². The van der Waals surface area contributed by atoms with Crippen LogP contribution in [0.3, 0.4) is 0 Å². The van der Waals surface area contributed by atoms with Gasteiger partial charge in [-0.3, -0.25) is 14.9 Å². The van der Waals surface area contributed by atoms with Crippen molar-refractivity contribution in [3.8, 4) is 0 Å². The minimum atomic E-state index is -0.489. The quantitative estimate of drug-likeness (QED) is 0.493. The topological polar surface area (TPSA) is 92.5 Å². The van der Waals surface area contributed by atoms with E-state index in [1.165, 1.54) is 18.2 Å². The van der Waals surface area contributed by atoms with Crippen LogP contribution in [0.1, 0.15) is 31.2 Å². The van der Waals surface area contributed by atoms with Crippen LogP contribution in [0.25, 0.3) is 6.08 Å². The number of hydrogen-bond acceptors (Lipinski definition) is 4. The molecule has 0 heterocycles. The van der Waals surface area contributed by atoms with Gasteiger partial charge in [0.05, 0.1) is 17.1 Å². The van der Waals surface area contributed by atoms with E-state index in [0.717, 1.165) is 25.7 Å². The molecule has 1 aliphatic carbocycles. The van der Waals surface area contributed by atoms with Crippen molar-refractivity contribution in [1.29, 1.82) is 0 Å². The van der Waals surface area contributed by atoms with E-state index in [2.05, 4.69) is 5.32 Å². The van der Waals surface area contributed by atoms with Gasteiger partial charge in [0.25, 0.3) is 5.69 Å². The van der Waals surface area contributed by atoms with Gasteiger partial charge in [-0.2, -0.15) is 0 Å². The molecule has 1 amide bonds. The van der Waals surface area contributed by atoms with Crippen molar-refractivity contribution >= 4 is 17.7 Å². The molecular formula is C15H18N2O4. The molecule has 6 nitrogen and oxygen atoms in total. The average Bonchev–Trinajstić information content (AvgIpc) is 2.94. The minimum absolute atomic E-state index is 0.0155. The Bertz CT molecular complexity index is 545. The highest BCUT2D eigenvalue weighted by atomic mass is 16.6. The summed E-state index contributed by atoms with van der Waals surface area (Å²) in [5.41, 5.74) is 0.235. The van der Waals surface area contributed by atoms with Crippen molar-refractivity contribution in [3.63, 3.8) is 0 Å². The summed E-state index contributed by atoms with van der Waals surface area (Å²) in [7, 11) is 0. The zero-order chi connectivity index (χ0) is 15.3. The highest BCUT2D eigenvalue weighted by Crippen LogP contribution is 2.29. The molecule has 0 atom stereocenters. The number of nitro groups is 1. The monoisotopic (exact) mass is 290 g/mol. The molecule has 2 N–H and O–H groups in total. The van der Waals surface area contributed by atoms with Gasteiger partial charge in [0.2, 0.25) is 5.91 Å². The summed E-state index contributed by atoms with van der Waals surface area (Å²) >= 11 is 0. The van der Waals surface area contributed by atoms with Crippen molar-refractivity contribution in [3.05, 3.63) is 46.0 Å². The summed E-state index contributed by atoms with van der Waals surface area (Å²) in [5.74, 6) is -0.260. The maximum absolute atomic E-state index is 11.9. The third-order valence-corrected chi connectivity index (χ3v) is 3.78. The molecule has 0 bridgehead atoms. The SMILES string of the molecule is O=C(C=Cc1ccc([N+](=O)[O-])cc1)NC1(CO)CCCC1.